The number of anilines is 2. The van der Waals surface area contributed by atoms with Crippen molar-refractivity contribution in [2.24, 2.45) is 0 Å². The Morgan fingerprint density at radius 2 is 1.94 bits per heavy atom. The molecule has 186 valence electrons. The van der Waals surface area contributed by atoms with E-state index in [9.17, 15) is 32.8 Å². The summed E-state index contributed by atoms with van der Waals surface area (Å²) in [6, 6.07) is 4.56. The summed E-state index contributed by atoms with van der Waals surface area (Å²) in [6.45, 7) is 0.362. The Labute approximate surface area is 197 Å². The number of H-pyrrole nitrogens is 1. The van der Waals surface area contributed by atoms with Crippen molar-refractivity contribution in [2.45, 2.75) is 31.1 Å². The van der Waals surface area contributed by atoms with Crippen LogP contribution in [0.5, 0.6) is 0 Å². The molecule has 0 radical (unpaired) electrons. The SMILES string of the molecule is CNCCNC(=O)c1cc(CNC(=O)C2(Nc3nc(N)[nH]c(=O)c3C#N)CC2)cc(C(F)(F)F)c1. The fraction of sp³-hybridized carbons (Fsp3) is 0.381. The molecule has 0 spiro atoms. The van der Waals surface area contributed by atoms with Gasteiger partial charge in [-0.3, -0.25) is 19.4 Å². The number of nitrogens with zero attached hydrogens (tertiary/aromatic N) is 2. The lowest BCUT2D eigenvalue weighted by Crippen LogP contribution is -2.42. The van der Waals surface area contributed by atoms with Gasteiger partial charge in [0, 0.05) is 25.2 Å². The van der Waals surface area contributed by atoms with Gasteiger partial charge < -0.3 is 27.0 Å². The van der Waals surface area contributed by atoms with Crippen molar-refractivity contribution in [3.63, 3.8) is 0 Å². The van der Waals surface area contributed by atoms with E-state index in [-0.39, 0.29) is 41.5 Å². The summed E-state index contributed by atoms with van der Waals surface area (Å²) in [5.74, 6) is -1.67. The van der Waals surface area contributed by atoms with Gasteiger partial charge in [-0.2, -0.15) is 23.4 Å². The van der Waals surface area contributed by atoms with Gasteiger partial charge in [-0.05, 0) is 43.7 Å². The first-order valence-corrected chi connectivity index (χ1v) is 10.5. The molecule has 1 aromatic heterocycles. The van der Waals surface area contributed by atoms with Gasteiger partial charge in [-0.15, -0.1) is 0 Å². The van der Waals surface area contributed by atoms with E-state index in [4.69, 9.17) is 5.73 Å². The van der Waals surface area contributed by atoms with Gasteiger partial charge in [0.25, 0.3) is 11.5 Å². The average Bonchev–Trinajstić information content (AvgIpc) is 3.57. The summed E-state index contributed by atoms with van der Waals surface area (Å²) < 4.78 is 40.2. The zero-order valence-electron chi connectivity index (χ0n) is 18.6. The number of alkyl halides is 3. The molecule has 0 unspecified atom stereocenters. The van der Waals surface area contributed by atoms with Gasteiger partial charge in [0.15, 0.2) is 11.4 Å². The van der Waals surface area contributed by atoms with Crippen LogP contribution in [0.1, 0.15) is 39.9 Å². The Bertz CT molecular complexity index is 1230. The Kier molecular flexibility index (Phi) is 7.30. The predicted octanol–water partition coefficient (Wildman–Crippen LogP) is 0.453. The van der Waals surface area contributed by atoms with Crippen LogP contribution in [0.3, 0.4) is 0 Å². The van der Waals surface area contributed by atoms with Gasteiger partial charge >= 0.3 is 6.18 Å². The van der Waals surface area contributed by atoms with Crippen molar-refractivity contribution in [3.8, 4) is 6.07 Å². The molecule has 1 saturated carbocycles. The third-order valence-corrected chi connectivity index (χ3v) is 5.29. The topological polar surface area (TPSA) is 178 Å². The molecule has 2 aromatic rings. The number of nitrogens with two attached hydrogens (primary N) is 1. The molecule has 1 fully saturated rings. The highest BCUT2D eigenvalue weighted by Gasteiger charge is 2.50. The Balaban J connectivity index is 1.77. The first-order chi connectivity index (χ1) is 16.5. The summed E-state index contributed by atoms with van der Waals surface area (Å²) in [5.41, 5.74) is 2.03. The van der Waals surface area contributed by atoms with Crippen molar-refractivity contribution in [1.82, 2.24) is 25.9 Å². The zero-order chi connectivity index (χ0) is 25.8. The van der Waals surface area contributed by atoms with Crippen LogP contribution < -0.4 is 32.6 Å². The molecule has 35 heavy (non-hydrogen) atoms. The van der Waals surface area contributed by atoms with Gasteiger partial charge in [-0.1, -0.05) is 0 Å². The van der Waals surface area contributed by atoms with Crippen LogP contribution in [-0.2, 0) is 17.5 Å². The van der Waals surface area contributed by atoms with Crippen molar-refractivity contribution in [3.05, 3.63) is 50.8 Å². The number of aromatic nitrogens is 2. The second-order valence-corrected chi connectivity index (χ2v) is 7.95. The van der Waals surface area contributed by atoms with Crippen LogP contribution in [-0.4, -0.2) is 47.5 Å². The minimum atomic E-state index is -4.70. The van der Waals surface area contributed by atoms with Crippen molar-refractivity contribution < 1.29 is 22.8 Å². The predicted molar refractivity (Wildman–Crippen MR) is 119 cm³/mol. The third kappa shape index (κ3) is 6.07. The van der Waals surface area contributed by atoms with E-state index in [1.807, 2.05) is 0 Å². The molecule has 1 aromatic carbocycles. The second-order valence-electron chi connectivity index (χ2n) is 7.95. The van der Waals surface area contributed by atoms with Gasteiger partial charge in [-0.25, -0.2) is 0 Å². The number of carbonyl (C=O) groups excluding carboxylic acids is 2. The van der Waals surface area contributed by atoms with E-state index in [1.54, 1.807) is 13.1 Å². The smallest absolute Gasteiger partial charge is 0.369 e. The fourth-order valence-corrected chi connectivity index (χ4v) is 3.29. The number of likely N-dealkylation sites (N-methyl/N-ethyl adjacent to an activating group) is 1. The number of amides is 2. The monoisotopic (exact) mass is 492 g/mol. The maximum absolute atomic E-state index is 13.4. The lowest BCUT2D eigenvalue weighted by atomic mass is 10.0. The summed E-state index contributed by atoms with van der Waals surface area (Å²) in [6.07, 6.45) is -4.03. The molecule has 0 aliphatic heterocycles. The number of benzene rings is 1. The van der Waals surface area contributed by atoms with Crippen LogP contribution in [0, 0.1) is 11.3 Å². The Hall–Kier alpha value is -4.12. The summed E-state index contributed by atoms with van der Waals surface area (Å²) >= 11 is 0. The van der Waals surface area contributed by atoms with Crippen LogP contribution >= 0.6 is 0 Å². The van der Waals surface area contributed by atoms with Crippen molar-refractivity contribution in [1.29, 1.82) is 5.26 Å². The standard InChI is InChI=1S/C21H23F3N8O3/c1-27-4-5-28-16(33)12-6-11(7-13(8-12)21(22,23)24)10-29-18(35)20(2-3-20)32-15-14(9-25)17(34)31-19(26)30-15/h6-8,27H,2-5,10H2,1H3,(H,28,33)(H,29,35)(H4,26,30,31,32,34). The van der Waals surface area contributed by atoms with Gasteiger partial charge in [0.05, 0.1) is 5.56 Å². The molecule has 1 heterocycles. The molecule has 3 rings (SSSR count). The maximum atomic E-state index is 13.4. The van der Waals surface area contributed by atoms with E-state index < -0.39 is 34.7 Å². The largest absolute Gasteiger partial charge is 0.416 e. The highest BCUT2D eigenvalue weighted by Crippen LogP contribution is 2.39. The van der Waals surface area contributed by atoms with Crippen LogP contribution in [0.2, 0.25) is 0 Å². The lowest BCUT2D eigenvalue weighted by molar-refractivity contribution is -0.137. The van der Waals surface area contributed by atoms with Crippen LogP contribution in [0.15, 0.2) is 23.0 Å². The third-order valence-electron chi connectivity index (χ3n) is 5.29. The number of nitriles is 1. The number of carbonyl (C=O) groups is 2. The van der Waals surface area contributed by atoms with E-state index in [1.165, 1.54) is 6.07 Å². The van der Waals surface area contributed by atoms with Crippen LogP contribution in [0.4, 0.5) is 24.9 Å². The molecule has 0 saturated heterocycles. The summed E-state index contributed by atoms with van der Waals surface area (Å²) in [4.78, 5) is 43.1. The molecule has 1 aliphatic carbocycles. The first-order valence-electron chi connectivity index (χ1n) is 10.5. The Morgan fingerprint density at radius 1 is 1.23 bits per heavy atom. The highest BCUT2D eigenvalue weighted by molar-refractivity contribution is 5.95. The van der Waals surface area contributed by atoms with E-state index in [0.717, 1.165) is 12.1 Å². The molecule has 11 nitrogen and oxygen atoms in total. The van der Waals surface area contributed by atoms with Gasteiger partial charge in [0.1, 0.15) is 11.6 Å². The quantitative estimate of drug-likeness (QED) is 0.273. The molecule has 14 heteroatoms. The van der Waals surface area contributed by atoms with E-state index in [2.05, 4.69) is 31.2 Å². The summed E-state index contributed by atoms with van der Waals surface area (Å²) in [5, 5.41) is 19.8. The average molecular weight is 492 g/mol. The second kappa shape index (κ2) is 10.0. The lowest BCUT2D eigenvalue weighted by Gasteiger charge is -2.19. The number of nitrogens with one attached hydrogen (secondary N) is 5. The van der Waals surface area contributed by atoms with E-state index in [0.29, 0.717) is 19.4 Å². The molecular formula is C21H23F3N8O3. The zero-order valence-corrected chi connectivity index (χ0v) is 18.6. The number of hydrogen-bond donors (Lipinski definition) is 6. The summed E-state index contributed by atoms with van der Waals surface area (Å²) in [7, 11) is 1.67. The minimum Gasteiger partial charge on any atom is -0.369 e. The number of halogens is 3. The first kappa shape index (κ1) is 25.5. The van der Waals surface area contributed by atoms with Crippen molar-refractivity contribution >= 4 is 23.6 Å². The fourth-order valence-electron chi connectivity index (χ4n) is 3.29. The highest BCUT2D eigenvalue weighted by atomic mass is 19.4. The molecule has 0 bridgehead atoms. The maximum Gasteiger partial charge on any atom is 0.416 e. The normalized spacial score (nSPS) is 14.0. The van der Waals surface area contributed by atoms with Gasteiger partial charge in [0.2, 0.25) is 11.9 Å². The molecule has 1 aliphatic rings. The van der Waals surface area contributed by atoms with Crippen molar-refractivity contribution in [2.75, 3.05) is 31.2 Å². The number of hydrogen-bond acceptors (Lipinski definition) is 8. The number of rotatable bonds is 9. The molecule has 0 atom stereocenters. The molecule has 2 amide bonds. The molecule has 7 N–H and O–H groups in total. The number of nitrogen functional groups attached to an aromatic ring is 1. The minimum absolute atomic E-state index is 0.0685. The Morgan fingerprint density at radius 3 is 2.54 bits per heavy atom. The molecular weight excluding hydrogens is 469 g/mol. The van der Waals surface area contributed by atoms with Crippen LogP contribution in [0.25, 0.3) is 0 Å². The number of aromatic amines is 1. The van der Waals surface area contributed by atoms with E-state index >= 15 is 0 Å².